The molecular formula is C13H20N4S. The zero-order chi connectivity index (χ0) is 13.1. The number of aromatic nitrogens is 3. The van der Waals surface area contributed by atoms with Crippen LogP contribution in [-0.2, 0) is 26.6 Å². The van der Waals surface area contributed by atoms with E-state index in [1.807, 2.05) is 11.7 Å². The molecule has 0 aromatic carbocycles. The summed E-state index contributed by atoms with van der Waals surface area (Å²) in [5, 5.41) is 9.06. The van der Waals surface area contributed by atoms with Crippen LogP contribution >= 0.6 is 11.3 Å². The summed E-state index contributed by atoms with van der Waals surface area (Å²) in [7, 11) is 1.97. The number of thiazole rings is 1. The van der Waals surface area contributed by atoms with E-state index in [1.54, 1.807) is 11.3 Å². The van der Waals surface area contributed by atoms with Crippen molar-refractivity contribution in [2.75, 3.05) is 0 Å². The summed E-state index contributed by atoms with van der Waals surface area (Å²) in [6, 6.07) is 0. The number of rotatable bonds is 5. The topological polar surface area (TPSA) is 42.7 Å². The van der Waals surface area contributed by atoms with E-state index in [-0.39, 0.29) is 0 Å². The van der Waals surface area contributed by atoms with Gasteiger partial charge in [0.1, 0.15) is 0 Å². The molecule has 4 nitrogen and oxygen atoms in total. The Bertz CT molecular complexity index is 527. The number of aryl methyl sites for hydroxylation is 4. The molecule has 2 rings (SSSR count). The monoisotopic (exact) mass is 264 g/mol. The molecule has 5 heteroatoms. The molecule has 0 aliphatic rings. The average molecular weight is 264 g/mol. The Morgan fingerprint density at radius 3 is 2.72 bits per heavy atom. The fraction of sp³-hybridized carbons (Fsp3) is 0.538. The third-order valence-corrected chi connectivity index (χ3v) is 4.00. The fourth-order valence-corrected chi connectivity index (χ4v) is 2.98. The first kappa shape index (κ1) is 13.2. The van der Waals surface area contributed by atoms with Crippen molar-refractivity contribution in [2.24, 2.45) is 7.05 Å². The van der Waals surface area contributed by atoms with Crippen molar-refractivity contribution in [1.29, 1.82) is 0 Å². The predicted molar refractivity (Wildman–Crippen MR) is 74.7 cm³/mol. The average Bonchev–Trinajstić information content (AvgIpc) is 2.82. The van der Waals surface area contributed by atoms with E-state index in [4.69, 9.17) is 0 Å². The van der Waals surface area contributed by atoms with Crippen molar-refractivity contribution in [2.45, 2.75) is 40.3 Å². The molecule has 2 heterocycles. The number of nitrogens with zero attached hydrogens (tertiary/aromatic N) is 3. The SMILES string of the molecule is CCc1nn(C)cc1CNCc1sc(C)nc1C. The van der Waals surface area contributed by atoms with Gasteiger partial charge in [0.25, 0.3) is 0 Å². The third kappa shape index (κ3) is 2.97. The van der Waals surface area contributed by atoms with Gasteiger partial charge in [0, 0.05) is 36.8 Å². The summed E-state index contributed by atoms with van der Waals surface area (Å²) < 4.78 is 1.89. The highest BCUT2D eigenvalue weighted by Gasteiger charge is 2.07. The van der Waals surface area contributed by atoms with Crippen molar-refractivity contribution in [1.82, 2.24) is 20.1 Å². The van der Waals surface area contributed by atoms with E-state index in [0.717, 1.165) is 30.2 Å². The molecular weight excluding hydrogens is 244 g/mol. The molecule has 0 fully saturated rings. The standard InChI is InChI=1S/C13H20N4S/c1-5-12-11(8-17(4)16-12)6-14-7-13-9(2)15-10(3)18-13/h8,14H,5-7H2,1-4H3. The molecule has 1 N–H and O–H groups in total. The summed E-state index contributed by atoms with van der Waals surface area (Å²) in [6.45, 7) is 8.02. The summed E-state index contributed by atoms with van der Waals surface area (Å²) in [6.07, 6.45) is 3.08. The van der Waals surface area contributed by atoms with Crippen molar-refractivity contribution >= 4 is 11.3 Å². The van der Waals surface area contributed by atoms with Crippen LogP contribution in [0.15, 0.2) is 6.20 Å². The summed E-state index contributed by atoms with van der Waals surface area (Å²) in [5.74, 6) is 0. The van der Waals surface area contributed by atoms with Gasteiger partial charge >= 0.3 is 0 Å². The van der Waals surface area contributed by atoms with Crippen LogP contribution in [-0.4, -0.2) is 14.8 Å². The second-order valence-corrected chi connectivity index (χ2v) is 5.76. The Morgan fingerprint density at radius 2 is 2.11 bits per heavy atom. The molecule has 0 atom stereocenters. The molecule has 0 aliphatic heterocycles. The van der Waals surface area contributed by atoms with Crippen LogP contribution in [0.1, 0.15) is 33.8 Å². The van der Waals surface area contributed by atoms with E-state index in [0.29, 0.717) is 0 Å². The fourth-order valence-electron chi connectivity index (χ4n) is 2.08. The lowest BCUT2D eigenvalue weighted by atomic mass is 10.2. The van der Waals surface area contributed by atoms with Crippen LogP contribution in [0.25, 0.3) is 0 Å². The van der Waals surface area contributed by atoms with Gasteiger partial charge in [-0.15, -0.1) is 11.3 Å². The zero-order valence-electron chi connectivity index (χ0n) is 11.4. The molecule has 0 amide bonds. The minimum atomic E-state index is 0.868. The largest absolute Gasteiger partial charge is 0.308 e. The Kier molecular flexibility index (Phi) is 4.14. The van der Waals surface area contributed by atoms with E-state index < -0.39 is 0 Å². The molecule has 98 valence electrons. The molecule has 18 heavy (non-hydrogen) atoms. The van der Waals surface area contributed by atoms with Crippen LogP contribution in [0.5, 0.6) is 0 Å². The first-order valence-corrected chi connectivity index (χ1v) is 7.06. The summed E-state index contributed by atoms with van der Waals surface area (Å²) in [5.41, 5.74) is 3.62. The van der Waals surface area contributed by atoms with E-state index in [2.05, 4.69) is 42.4 Å². The Morgan fingerprint density at radius 1 is 1.33 bits per heavy atom. The van der Waals surface area contributed by atoms with Gasteiger partial charge in [-0.05, 0) is 20.3 Å². The number of nitrogens with one attached hydrogen (secondary N) is 1. The number of hydrogen-bond acceptors (Lipinski definition) is 4. The highest BCUT2D eigenvalue weighted by Crippen LogP contribution is 2.17. The van der Waals surface area contributed by atoms with Gasteiger partial charge in [-0.25, -0.2) is 4.98 Å². The van der Waals surface area contributed by atoms with E-state index in [9.17, 15) is 0 Å². The van der Waals surface area contributed by atoms with Gasteiger partial charge in [0.05, 0.1) is 16.4 Å². The second-order valence-electron chi connectivity index (χ2n) is 4.47. The quantitative estimate of drug-likeness (QED) is 0.901. The van der Waals surface area contributed by atoms with Gasteiger partial charge in [-0.2, -0.15) is 5.10 Å². The summed E-state index contributed by atoms with van der Waals surface area (Å²) in [4.78, 5) is 5.76. The van der Waals surface area contributed by atoms with Crippen molar-refractivity contribution < 1.29 is 0 Å². The lowest BCUT2D eigenvalue weighted by molar-refractivity contribution is 0.691. The minimum absolute atomic E-state index is 0.868. The Balaban J connectivity index is 1.94. The predicted octanol–water partition coefficient (Wildman–Crippen LogP) is 2.35. The first-order chi connectivity index (χ1) is 8.60. The Labute approximate surface area is 112 Å². The van der Waals surface area contributed by atoms with Crippen LogP contribution in [0.3, 0.4) is 0 Å². The summed E-state index contributed by atoms with van der Waals surface area (Å²) >= 11 is 1.77. The minimum Gasteiger partial charge on any atom is -0.308 e. The highest BCUT2D eigenvalue weighted by atomic mass is 32.1. The normalized spacial score (nSPS) is 11.1. The zero-order valence-corrected chi connectivity index (χ0v) is 12.3. The maximum Gasteiger partial charge on any atom is 0.0900 e. The van der Waals surface area contributed by atoms with Crippen molar-refractivity contribution in [3.63, 3.8) is 0 Å². The molecule has 2 aromatic rings. The number of hydrogen-bond donors (Lipinski definition) is 1. The maximum atomic E-state index is 4.44. The molecule has 2 aromatic heterocycles. The molecule has 0 radical (unpaired) electrons. The molecule has 0 saturated carbocycles. The molecule has 0 aliphatic carbocycles. The molecule has 0 bridgehead atoms. The van der Waals surface area contributed by atoms with Crippen molar-refractivity contribution in [3.8, 4) is 0 Å². The lowest BCUT2D eigenvalue weighted by Gasteiger charge is -2.03. The van der Waals surface area contributed by atoms with Crippen LogP contribution < -0.4 is 5.32 Å². The smallest absolute Gasteiger partial charge is 0.0900 e. The van der Waals surface area contributed by atoms with Crippen LogP contribution in [0.2, 0.25) is 0 Å². The Hall–Kier alpha value is -1.20. The molecule has 0 unspecified atom stereocenters. The maximum absolute atomic E-state index is 4.44. The van der Waals surface area contributed by atoms with Gasteiger partial charge in [0.15, 0.2) is 0 Å². The first-order valence-electron chi connectivity index (χ1n) is 6.25. The lowest BCUT2D eigenvalue weighted by Crippen LogP contribution is -2.13. The van der Waals surface area contributed by atoms with E-state index >= 15 is 0 Å². The van der Waals surface area contributed by atoms with E-state index in [1.165, 1.54) is 16.1 Å². The highest BCUT2D eigenvalue weighted by molar-refractivity contribution is 7.11. The second kappa shape index (κ2) is 5.63. The van der Waals surface area contributed by atoms with Crippen molar-refractivity contribution in [3.05, 3.63) is 33.0 Å². The van der Waals surface area contributed by atoms with Gasteiger partial charge < -0.3 is 5.32 Å². The molecule has 0 spiro atoms. The molecule has 0 saturated heterocycles. The van der Waals surface area contributed by atoms with Gasteiger partial charge in [-0.1, -0.05) is 6.92 Å². The third-order valence-electron chi connectivity index (χ3n) is 2.93. The van der Waals surface area contributed by atoms with Gasteiger partial charge in [-0.3, -0.25) is 4.68 Å². The van der Waals surface area contributed by atoms with Gasteiger partial charge in [0.2, 0.25) is 0 Å². The van der Waals surface area contributed by atoms with Crippen LogP contribution in [0, 0.1) is 13.8 Å². The van der Waals surface area contributed by atoms with Crippen LogP contribution in [0.4, 0.5) is 0 Å².